The summed E-state index contributed by atoms with van der Waals surface area (Å²) >= 11 is 0. The smallest absolute Gasteiger partial charge is 0.00441 e. The zero-order chi connectivity index (χ0) is 9.90. The Morgan fingerprint density at radius 2 is 1.00 bits per heavy atom. The topological polar surface area (TPSA) is 0 Å². The minimum Gasteiger partial charge on any atom is -0.0879 e. The minimum absolute atomic E-state index is 1.08. The molecule has 0 spiro atoms. The molecule has 0 heterocycles. The first-order valence-corrected chi connectivity index (χ1v) is 5.45. The van der Waals surface area contributed by atoms with Crippen molar-refractivity contribution in [1.29, 1.82) is 0 Å². The van der Waals surface area contributed by atoms with Crippen LogP contribution in [0.25, 0.3) is 0 Å². The van der Waals surface area contributed by atoms with Crippen LogP contribution in [0.5, 0.6) is 0 Å². The quantitative estimate of drug-likeness (QED) is 0.494. The fourth-order valence-corrected chi connectivity index (χ4v) is 1.31. The van der Waals surface area contributed by atoms with E-state index < -0.39 is 0 Å². The first kappa shape index (κ1) is 11.0. The van der Waals surface area contributed by atoms with Crippen molar-refractivity contribution in [3.8, 4) is 0 Å². The summed E-state index contributed by atoms with van der Waals surface area (Å²) in [5.74, 6) is 0. The lowest BCUT2D eigenvalue weighted by Crippen LogP contribution is -1.70. The number of rotatable bonds is 0. The average Bonchev–Trinajstić information content (AvgIpc) is 2.22. The fraction of sp³-hybridized carbons (Fsp3) is 0.357. The van der Waals surface area contributed by atoms with Crippen LogP contribution in [-0.4, -0.2) is 0 Å². The van der Waals surface area contributed by atoms with E-state index in [1.807, 2.05) is 0 Å². The molecule has 0 unspecified atom stereocenters. The summed E-state index contributed by atoms with van der Waals surface area (Å²) in [6, 6.07) is 0. The van der Waals surface area contributed by atoms with Gasteiger partial charge in [-0.2, -0.15) is 0 Å². The van der Waals surface area contributed by atoms with E-state index in [9.17, 15) is 0 Å². The molecular weight excluding hydrogens is 168 g/mol. The fourth-order valence-electron chi connectivity index (χ4n) is 1.31. The Morgan fingerprint density at radius 3 is 1.57 bits per heavy atom. The molecule has 0 nitrogen and oxygen atoms in total. The van der Waals surface area contributed by atoms with Gasteiger partial charge in [-0.05, 0) is 32.1 Å². The third kappa shape index (κ3) is 6.47. The molecule has 0 aromatic carbocycles. The Labute approximate surface area is 87.7 Å². The average molecular weight is 187 g/mol. The highest BCUT2D eigenvalue weighted by Crippen LogP contribution is 2.00. The highest BCUT2D eigenvalue weighted by molar-refractivity contribution is 5.09. The van der Waals surface area contributed by atoms with Crippen molar-refractivity contribution < 1.29 is 0 Å². The Kier molecular flexibility index (Phi) is 6.74. The summed E-state index contributed by atoms with van der Waals surface area (Å²) in [6.45, 7) is 0. The maximum atomic E-state index is 2.26. The van der Waals surface area contributed by atoms with Crippen LogP contribution in [0.15, 0.2) is 48.6 Å². The van der Waals surface area contributed by atoms with Crippen molar-refractivity contribution in [2.75, 3.05) is 0 Å². The lowest BCUT2D eigenvalue weighted by molar-refractivity contribution is 1.03. The summed E-state index contributed by atoms with van der Waals surface area (Å²) in [5.41, 5.74) is 0. The van der Waals surface area contributed by atoms with Gasteiger partial charge in [-0.3, -0.25) is 0 Å². The van der Waals surface area contributed by atoms with Crippen molar-refractivity contribution in [3.63, 3.8) is 0 Å². The molecule has 0 heteroatoms. The SMILES string of the molecule is [CH]1/C=C\CC/C=C/C/C=C\CC/C=C/1. The van der Waals surface area contributed by atoms with Crippen LogP contribution in [0, 0.1) is 6.42 Å². The highest BCUT2D eigenvalue weighted by Gasteiger charge is 1.80. The van der Waals surface area contributed by atoms with Crippen molar-refractivity contribution in [3.05, 3.63) is 55.0 Å². The van der Waals surface area contributed by atoms with Crippen LogP contribution in [0.2, 0.25) is 0 Å². The van der Waals surface area contributed by atoms with Gasteiger partial charge in [-0.25, -0.2) is 0 Å². The highest BCUT2D eigenvalue weighted by atomic mass is 13.9. The Morgan fingerprint density at radius 1 is 0.500 bits per heavy atom. The maximum Gasteiger partial charge on any atom is 0.00441 e. The lowest BCUT2D eigenvalue weighted by atomic mass is 10.2. The van der Waals surface area contributed by atoms with Gasteiger partial charge in [-0.15, -0.1) is 0 Å². The first-order valence-electron chi connectivity index (χ1n) is 5.45. The van der Waals surface area contributed by atoms with Gasteiger partial charge in [0, 0.05) is 6.42 Å². The van der Waals surface area contributed by atoms with E-state index in [2.05, 4.69) is 55.0 Å². The second kappa shape index (κ2) is 8.55. The summed E-state index contributed by atoms with van der Waals surface area (Å²) in [5, 5.41) is 0. The largest absolute Gasteiger partial charge is 0.0879 e. The third-order valence-electron chi connectivity index (χ3n) is 2.10. The van der Waals surface area contributed by atoms with Crippen LogP contribution < -0.4 is 0 Å². The molecule has 0 aromatic heterocycles. The van der Waals surface area contributed by atoms with Gasteiger partial charge in [0.2, 0.25) is 0 Å². The Hall–Kier alpha value is -1.04. The number of hydrogen-bond donors (Lipinski definition) is 0. The molecule has 1 rings (SSSR count). The van der Waals surface area contributed by atoms with Crippen LogP contribution >= 0.6 is 0 Å². The summed E-state index contributed by atoms with van der Waals surface area (Å²) in [6.07, 6.45) is 25.5. The molecule has 0 aliphatic heterocycles. The second-order valence-electron chi connectivity index (χ2n) is 3.38. The molecule has 0 amide bonds. The molecular formula is C14H19. The van der Waals surface area contributed by atoms with Gasteiger partial charge in [0.05, 0.1) is 0 Å². The third-order valence-corrected chi connectivity index (χ3v) is 2.10. The molecule has 1 radical (unpaired) electrons. The standard InChI is InChI=1S/C14H19/c1-2-4-6-8-10-12-14-13-11-9-7-5-3-1/h1-5,10-13H,6-9,14H2/b4-2-,5-3+,12-10+,13-11-. The Balaban J connectivity index is 2.33. The van der Waals surface area contributed by atoms with Crippen molar-refractivity contribution in [2.45, 2.75) is 32.1 Å². The molecule has 75 valence electrons. The zero-order valence-electron chi connectivity index (χ0n) is 8.73. The minimum atomic E-state index is 1.08. The molecule has 1 aliphatic rings. The van der Waals surface area contributed by atoms with Crippen molar-refractivity contribution >= 4 is 0 Å². The van der Waals surface area contributed by atoms with Gasteiger partial charge < -0.3 is 0 Å². The van der Waals surface area contributed by atoms with Gasteiger partial charge in [0.25, 0.3) is 0 Å². The van der Waals surface area contributed by atoms with Gasteiger partial charge >= 0.3 is 0 Å². The van der Waals surface area contributed by atoms with E-state index in [0.29, 0.717) is 0 Å². The molecule has 0 bridgehead atoms. The van der Waals surface area contributed by atoms with Crippen LogP contribution in [-0.2, 0) is 0 Å². The monoisotopic (exact) mass is 187 g/mol. The Bertz CT molecular complexity index is 178. The molecule has 0 fully saturated rings. The molecule has 0 saturated carbocycles. The number of allylic oxidation sites excluding steroid dienone is 8. The normalized spacial score (nSPS) is 28.6. The maximum absolute atomic E-state index is 2.26. The summed E-state index contributed by atoms with van der Waals surface area (Å²) in [7, 11) is 0. The predicted octanol–water partition coefficient (Wildman–Crippen LogP) is 4.38. The van der Waals surface area contributed by atoms with E-state index in [4.69, 9.17) is 0 Å². The molecule has 1 aliphatic carbocycles. The van der Waals surface area contributed by atoms with Crippen molar-refractivity contribution in [2.24, 2.45) is 0 Å². The second-order valence-corrected chi connectivity index (χ2v) is 3.38. The van der Waals surface area contributed by atoms with E-state index >= 15 is 0 Å². The first-order chi connectivity index (χ1) is 7.00. The molecule has 0 atom stereocenters. The summed E-state index contributed by atoms with van der Waals surface area (Å²) in [4.78, 5) is 0. The van der Waals surface area contributed by atoms with Gasteiger partial charge in [0.15, 0.2) is 0 Å². The molecule has 0 aromatic rings. The zero-order valence-corrected chi connectivity index (χ0v) is 8.73. The van der Waals surface area contributed by atoms with E-state index in [-0.39, 0.29) is 0 Å². The van der Waals surface area contributed by atoms with E-state index in [1.165, 1.54) is 0 Å². The summed E-state index contributed by atoms with van der Waals surface area (Å²) < 4.78 is 0. The van der Waals surface area contributed by atoms with Crippen LogP contribution in [0.1, 0.15) is 32.1 Å². The van der Waals surface area contributed by atoms with Gasteiger partial charge in [0.1, 0.15) is 0 Å². The van der Waals surface area contributed by atoms with Crippen LogP contribution in [0.4, 0.5) is 0 Å². The van der Waals surface area contributed by atoms with E-state index in [0.717, 1.165) is 32.1 Å². The molecule has 0 saturated heterocycles. The van der Waals surface area contributed by atoms with Crippen molar-refractivity contribution in [1.82, 2.24) is 0 Å². The number of hydrogen-bond acceptors (Lipinski definition) is 0. The molecule has 14 heavy (non-hydrogen) atoms. The lowest BCUT2D eigenvalue weighted by Gasteiger charge is -1.90. The van der Waals surface area contributed by atoms with E-state index in [1.54, 1.807) is 0 Å². The van der Waals surface area contributed by atoms with Crippen LogP contribution in [0.3, 0.4) is 0 Å². The predicted molar refractivity (Wildman–Crippen MR) is 63.9 cm³/mol. The van der Waals surface area contributed by atoms with Gasteiger partial charge in [-0.1, -0.05) is 48.6 Å². The molecule has 0 N–H and O–H groups in total.